The summed E-state index contributed by atoms with van der Waals surface area (Å²) in [6.07, 6.45) is 0. The van der Waals surface area contributed by atoms with Crippen LogP contribution in [0, 0.1) is 6.92 Å². The number of carbonyl (C=O) groups is 1. The number of carbonyl (C=O) groups excluding carboxylic acids is 1. The van der Waals surface area contributed by atoms with E-state index in [0.717, 1.165) is 49.3 Å². The fourth-order valence-corrected chi connectivity index (χ4v) is 4.86. The predicted molar refractivity (Wildman–Crippen MR) is 109 cm³/mol. The molecule has 0 fully saturated rings. The van der Waals surface area contributed by atoms with Crippen molar-refractivity contribution < 1.29 is 4.79 Å². The Morgan fingerprint density at radius 3 is 2.92 bits per heavy atom. The van der Waals surface area contributed by atoms with Gasteiger partial charge in [0.05, 0.1) is 6.54 Å². The molecule has 0 radical (unpaired) electrons. The van der Waals surface area contributed by atoms with Gasteiger partial charge in [0, 0.05) is 27.2 Å². The molecule has 2 aromatic carbocycles. The molecule has 1 N–H and O–H groups in total. The molecule has 0 aliphatic carbocycles. The molecular weight excluding hydrogens is 404 g/mol. The highest BCUT2D eigenvalue weighted by molar-refractivity contribution is 9.10. The van der Waals surface area contributed by atoms with Crippen LogP contribution >= 0.6 is 39.5 Å². The third-order valence-electron chi connectivity index (χ3n) is 3.61. The van der Waals surface area contributed by atoms with Gasteiger partial charge in [0.2, 0.25) is 0 Å². The van der Waals surface area contributed by atoms with Gasteiger partial charge in [0.25, 0.3) is 5.91 Å². The largest absolute Gasteiger partial charge is 0.322 e. The zero-order chi connectivity index (χ0) is 16.9. The predicted octanol–water partition coefficient (Wildman–Crippen LogP) is 5.35. The van der Waals surface area contributed by atoms with Crippen LogP contribution in [0.1, 0.15) is 21.5 Å². The number of thioether (sulfide) groups is 2. The number of amides is 1. The zero-order valence-electron chi connectivity index (χ0n) is 13.2. The molecule has 0 saturated carbocycles. The topological polar surface area (TPSA) is 41.5 Å². The van der Waals surface area contributed by atoms with Crippen LogP contribution in [0.5, 0.6) is 0 Å². The molecule has 0 unspecified atom stereocenters. The molecule has 0 bridgehead atoms. The van der Waals surface area contributed by atoms with Gasteiger partial charge in [-0.15, -0.1) is 0 Å². The second-order valence-electron chi connectivity index (χ2n) is 5.36. The number of benzene rings is 2. The molecule has 1 amide bonds. The maximum absolute atomic E-state index is 12.7. The molecule has 3 nitrogen and oxygen atoms in total. The van der Waals surface area contributed by atoms with E-state index in [2.05, 4.69) is 26.2 Å². The Balaban J connectivity index is 1.74. The van der Waals surface area contributed by atoms with Crippen LogP contribution in [-0.2, 0) is 5.75 Å². The number of hydrogen-bond donors (Lipinski definition) is 1. The van der Waals surface area contributed by atoms with Crippen LogP contribution in [0.25, 0.3) is 0 Å². The molecule has 0 atom stereocenters. The van der Waals surface area contributed by atoms with Gasteiger partial charge in [-0.25, -0.2) is 0 Å². The molecule has 0 spiro atoms. The van der Waals surface area contributed by atoms with Crippen LogP contribution < -0.4 is 5.32 Å². The Hall–Kier alpha value is -1.24. The standard InChI is InChI=1S/C18H17BrN2OS2/c1-12-10-14(19)6-7-16(12)21-17(22)15-5-3-2-4-13(15)11-24-18-20-8-9-23-18/h2-7,10H,8-9,11H2,1H3,(H,21,22). The van der Waals surface area contributed by atoms with E-state index in [1.807, 2.05) is 49.4 Å². The van der Waals surface area contributed by atoms with Crippen molar-refractivity contribution in [1.82, 2.24) is 0 Å². The maximum Gasteiger partial charge on any atom is 0.255 e. The molecule has 3 rings (SSSR count). The average molecular weight is 421 g/mol. The van der Waals surface area contributed by atoms with Crippen LogP contribution in [0.2, 0.25) is 0 Å². The highest BCUT2D eigenvalue weighted by Gasteiger charge is 2.14. The molecule has 0 saturated heterocycles. The average Bonchev–Trinajstić information content (AvgIpc) is 3.09. The van der Waals surface area contributed by atoms with Crippen molar-refractivity contribution >= 4 is 55.4 Å². The van der Waals surface area contributed by atoms with Crippen molar-refractivity contribution in [2.24, 2.45) is 4.99 Å². The third kappa shape index (κ3) is 4.43. The first-order valence-electron chi connectivity index (χ1n) is 7.59. The Bertz CT molecular complexity index is 792. The van der Waals surface area contributed by atoms with E-state index in [0.29, 0.717) is 0 Å². The summed E-state index contributed by atoms with van der Waals surface area (Å²) in [6.45, 7) is 2.88. The van der Waals surface area contributed by atoms with E-state index in [9.17, 15) is 4.79 Å². The third-order valence-corrected chi connectivity index (χ3v) is 6.40. The number of nitrogens with zero attached hydrogens (tertiary/aromatic N) is 1. The van der Waals surface area contributed by atoms with Crippen LogP contribution in [0.3, 0.4) is 0 Å². The Morgan fingerprint density at radius 2 is 2.17 bits per heavy atom. The first-order chi connectivity index (χ1) is 11.6. The number of nitrogens with one attached hydrogen (secondary N) is 1. The van der Waals surface area contributed by atoms with Gasteiger partial charge in [0.1, 0.15) is 4.38 Å². The van der Waals surface area contributed by atoms with Crippen molar-refractivity contribution in [2.45, 2.75) is 12.7 Å². The highest BCUT2D eigenvalue weighted by atomic mass is 79.9. The number of anilines is 1. The molecule has 2 aromatic rings. The van der Waals surface area contributed by atoms with E-state index < -0.39 is 0 Å². The summed E-state index contributed by atoms with van der Waals surface area (Å²) >= 11 is 6.94. The quantitative estimate of drug-likeness (QED) is 0.724. The van der Waals surface area contributed by atoms with Crippen molar-refractivity contribution in [3.05, 3.63) is 63.6 Å². The lowest BCUT2D eigenvalue weighted by atomic mass is 10.1. The van der Waals surface area contributed by atoms with Gasteiger partial charge >= 0.3 is 0 Å². The lowest BCUT2D eigenvalue weighted by molar-refractivity contribution is 0.102. The molecular formula is C18H17BrN2OS2. The van der Waals surface area contributed by atoms with Crippen molar-refractivity contribution in [2.75, 3.05) is 17.6 Å². The fraction of sp³-hybridized carbons (Fsp3) is 0.222. The van der Waals surface area contributed by atoms with Crippen LogP contribution in [0.15, 0.2) is 51.9 Å². The minimum Gasteiger partial charge on any atom is -0.322 e. The van der Waals surface area contributed by atoms with Gasteiger partial charge < -0.3 is 5.32 Å². The Kier molecular flexibility index (Phi) is 6.03. The van der Waals surface area contributed by atoms with Crippen molar-refractivity contribution in [3.8, 4) is 0 Å². The summed E-state index contributed by atoms with van der Waals surface area (Å²) in [5.41, 5.74) is 3.61. The Labute approximate surface area is 158 Å². The number of halogens is 1. The first-order valence-corrected chi connectivity index (χ1v) is 10.4. The van der Waals surface area contributed by atoms with E-state index in [1.54, 1.807) is 23.5 Å². The molecule has 1 aliphatic heterocycles. The summed E-state index contributed by atoms with van der Waals surface area (Å²) in [5.74, 6) is 1.75. The summed E-state index contributed by atoms with van der Waals surface area (Å²) in [4.78, 5) is 17.2. The first kappa shape index (κ1) is 17.6. The monoisotopic (exact) mass is 420 g/mol. The molecule has 124 valence electrons. The summed E-state index contributed by atoms with van der Waals surface area (Å²) in [6, 6.07) is 13.6. The van der Waals surface area contributed by atoms with Crippen molar-refractivity contribution in [1.29, 1.82) is 0 Å². The van der Waals surface area contributed by atoms with E-state index in [1.165, 1.54) is 0 Å². The lowest BCUT2D eigenvalue weighted by Crippen LogP contribution is -2.14. The zero-order valence-corrected chi connectivity index (χ0v) is 16.4. The van der Waals surface area contributed by atoms with Gasteiger partial charge in [-0.1, -0.05) is 57.7 Å². The second-order valence-corrected chi connectivity index (χ2v) is 8.58. The molecule has 1 heterocycles. The number of aliphatic imine (C=N–C) groups is 1. The van der Waals surface area contributed by atoms with Gasteiger partial charge in [-0.2, -0.15) is 0 Å². The van der Waals surface area contributed by atoms with E-state index in [-0.39, 0.29) is 5.91 Å². The lowest BCUT2D eigenvalue weighted by Gasteiger charge is -2.12. The minimum atomic E-state index is -0.0716. The number of hydrogen-bond acceptors (Lipinski definition) is 4. The van der Waals surface area contributed by atoms with Crippen LogP contribution in [0.4, 0.5) is 5.69 Å². The van der Waals surface area contributed by atoms with Gasteiger partial charge in [0.15, 0.2) is 0 Å². The molecule has 0 aromatic heterocycles. The second kappa shape index (κ2) is 8.23. The molecule has 1 aliphatic rings. The van der Waals surface area contributed by atoms with Gasteiger partial charge in [-0.3, -0.25) is 9.79 Å². The highest BCUT2D eigenvalue weighted by Crippen LogP contribution is 2.27. The molecule has 6 heteroatoms. The SMILES string of the molecule is Cc1cc(Br)ccc1NC(=O)c1ccccc1CSC1=NCCS1. The van der Waals surface area contributed by atoms with Gasteiger partial charge in [-0.05, 0) is 42.3 Å². The fourth-order valence-electron chi connectivity index (χ4n) is 2.37. The Morgan fingerprint density at radius 1 is 1.33 bits per heavy atom. The summed E-state index contributed by atoms with van der Waals surface area (Å²) in [7, 11) is 0. The van der Waals surface area contributed by atoms with E-state index in [4.69, 9.17) is 0 Å². The van der Waals surface area contributed by atoms with Crippen molar-refractivity contribution in [3.63, 3.8) is 0 Å². The summed E-state index contributed by atoms with van der Waals surface area (Å²) < 4.78 is 2.12. The number of aryl methyl sites for hydroxylation is 1. The number of rotatable bonds is 4. The maximum atomic E-state index is 12.7. The van der Waals surface area contributed by atoms with E-state index >= 15 is 0 Å². The normalized spacial score (nSPS) is 13.7. The van der Waals surface area contributed by atoms with Crippen LogP contribution in [-0.4, -0.2) is 22.6 Å². The minimum absolute atomic E-state index is 0.0716. The molecule has 24 heavy (non-hydrogen) atoms. The summed E-state index contributed by atoms with van der Waals surface area (Å²) in [5, 5.41) is 3.02. The smallest absolute Gasteiger partial charge is 0.255 e.